The molecule has 0 bridgehead atoms. The molecule has 1 unspecified atom stereocenters. The maximum Gasteiger partial charge on any atom is 0.408 e. The zero-order chi connectivity index (χ0) is 16.8. The van der Waals surface area contributed by atoms with Crippen LogP contribution in [0.5, 0.6) is 0 Å². The van der Waals surface area contributed by atoms with Gasteiger partial charge in [-0.05, 0) is 63.7 Å². The van der Waals surface area contributed by atoms with Crippen LogP contribution < -0.4 is 10.6 Å². The predicted molar refractivity (Wildman–Crippen MR) is 85.4 cm³/mol. The van der Waals surface area contributed by atoms with E-state index in [9.17, 15) is 9.59 Å². The number of carbonyl (C=O) groups excluding carboxylic acids is 2. The molecule has 2 N–H and O–H groups in total. The lowest BCUT2D eigenvalue weighted by molar-refractivity contribution is -0.117. The molecule has 0 radical (unpaired) electrons. The second-order valence-corrected chi connectivity index (χ2v) is 6.43. The van der Waals surface area contributed by atoms with Gasteiger partial charge in [-0.1, -0.05) is 0 Å². The number of carbonyl (C=O) groups is 2. The lowest BCUT2D eigenvalue weighted by Gasteiger charge is -2.21. The van der Waals surface area contributed by atoms with Gasteiger partial charge >= 0.3 is 6.09 Å². The number of nitriles is 1. The third-order valence-corrected chi connectivity index (χ3v) is 3.01. The van der Waals surface area contributed by atoms with Crippen molar-refractivity contribution in [1.82, 2.24) is 5.32 Å². The van der Waals surface area contributed by atoms with Crippen LogP contribution in [0, 0.1) is 10.7 Å². The molecule has 118 valence electrons. The fourth-order valence-corrected chi connectivity index (χ4v) is 1.84. The summed E-state index contributed by atoms with van der Waals surface area (Å²) in [5, 5.41) is 15.7. The molecule has 0 heterocycles. The summed E-state index contributed by atoms with van der Waals surface area (Å²) in [6, 6.07) is 6.11. The van der Waals surface area contributed by atoms with Gasteiger partial charge in [0.05, 0.1) is 0 Å². The van der Waals surface area contributed by atoms with Gasteiger partial charge in [0.15, 0.2) is 0 Å². The van der Waals surface area contributed by atoms with Crippen LogP contribution in [-0.4, -0.2) is 23.6 Å². The zero-order valence-corrected chi connectivity index (χ0v) is 13.8. The van der Waals surface area contributed by atoms with Crippen molar-refractivity contribution in [3.63, 3.8) is 0 Å². The Morgan fingerprint density at radius 3 is 2.36 bits per heavy atom. The van der Waals surface area contributed by atoms with Crippen LogP contribution in [-0.2, 0) is 9.53 Å². The Balaban J connectivity index is 2.53. The van der Waals surface area contributed by atoms with Gasteiger partial charge in [-0.15, -0.1) is 0 Å². The summed E-state index contributed by atoms with van der Waals surface area (Å²) in [5.41, 5.74) is -0.0285. The number of thioether (sulfide) groups is 1. The summed E-state index contributed by atoms with van der Waals surface area (Å²) in [5.74, 6) is -0.355. The smallest absolute Gasteiger partial charge is 0.408 e. The lowest BCUT2D eigenvalue weighted by atomic mass is 10.2. The molecule has 0 spiro atoms. The molecule has 2 amide bonds. The summed E-state index contributed by atoms with van der Waals surface area (Å²) in [6.07, 6.45) is -0.643. The van der Waals surface area contributed by atoms with Gasteiger partial charge in [0.25, 0.3) is 0 Å². The monoisotopic (exact) mass is 321 g/mol. The molecule has 0 aliphatic heterocycles. The van der Waals surface area contributed by atoms with Crippen molar-refractivity contribution in [3.8, 4) is 5.40 Å². The van der Waals surface area contributed by atoms with Gasteiger partial charge in [-0.3, -0.25) is 4.79 Å². The summed E-state index contributed by atoms with van der Waals surface area (Å²) in [7, 11) is 0. The fraction of sp³-hybridized carbons (Fsp3) is 0.400. The number of thiocyanates is 1. The van der Waals surface area contributed by atoms with Crippen molar-refractivity contribution in [3.05, 3.63) is 24.3 Å². The summed E-state index contributed by atoms with van der Waals surface area (Å²) in [4.78, 5) is 24.4. The standard InChI is InChI=1S/C15H19N3O3S/c1-10(17-14(20)21-15(2,3)4)13(19)18-11-5-7-12(8-6-11)22-9-16/h5-8,10H,1-4H3,(H,17,20)(H,18,19). The highest BCUT2D eigenvalue weighted by Crippen LogP contribution is 2.19. The molecular formula is C15H19N3O3S. The van der Waals surface area contributed by atoms with Gasteiger partial charge in [0.1, 0.15) is 17.0 Å². The SMILES string of the molecule is CC(NC(=O)OC(C)(C)C)C(=O)Nc1ccc(SC#N)cc1. The van der Waals surface area contributed by atoms with E-state index >= 15 is 0 Å². The molecule has 0 aromatic heterocycles. The molecule has 0 fully saturated rings. The first-order valence-corrected chi connectivity index (χ1v) is 7.49. The number of hydrogen-bond acceptors (Lipinski definition) is 5. The number of hydrogen-bond donors (Lipinski definition) is 2. The number of anilines is 1. The number of alkyl carbamates (subject to hydrolysis) is 1. The highest BCUT2D eigenvalue weighted by atomic mass is 32.2. The minimum atomic E-state index is -0.733. The van der Waals surface area contributed by atoms with E-state index in [0.29, 0.717) is 5.69 Å². The Bertz CT molecular complexity index is 573. The molecule has 0 aliphatic carbocycles. The normalized spacial score (nSPS) is 12.0. The average Bonchev–Trinajstić information content (AvgIpc) is 2.39. The molecule has 1 atom stereocenters. The van der Waals surface area contributed by atoms with E-state index in [4.69, 9.17) is 10.00 Å². The highest BCUT2D eigenvalue weighted by molar-refractivity contribution is 8.03. The minimum Gasteiger partial charge on any atom is -0.444 e. The zero-order valence-electron chi connectivity index (χ0n) is 13.0. The van der Waals surface area contributed by atoms with Gasteiger partial charge < -0.3 is 15.4 Å². The lowest BCUT2D eigenvalue weighted by Crippen LogP contribution is -2.43. The van der Waals surface area contributed by atoms with Crippen molar-refractivity contribution in [2.75, 3.05) is 5.32 Å². The van der Waals surface area contributed by atoms with Gasteiger partial charge in [-0.2, -0.15) is 5.26 Å². The van der Waals surface area contributed by atoms with E-state index < -0.39 is 17.7 Å². The van der Waals surface area contributed by atoms with Crippen molar-refractivity contribution in [2.45, 2.75) is 44.2 Å². The summed E-state index contributed by atoms with van der Waals surface area (Å²) < 4.78 is 5.09. The average molecular weight is 321 g/mol. The number of nitrogens with zero attached hydrogens (tertiary/aromatic N) is 1. The van der Waals surface area contributed by atoms with Crippen LogP contribution in [0.3, 0.4) is 0 Å². The first-order chi connectivity index (χ1) is 10.2. The Morgan fingerprint density at radius 2 is 1.86 bits per heavy atom. The largest absolute Gasteiger partial charge is 0.444 e. The Hall–Kier alpha value is -2.20. The molecular weight excluding hydrogens is 302 g/mol. The van der Waals surface area contributed by atoms with Crippen LogP contribution >= 0.6 is 11.8 Å². The maximum absolute atomic E-state index is 12.0. The quantitative estimate of drug-likeness (QED) is 0.657. The first-order valence-electron chi connectivity index (χ1n) is 6.67. The maximum atomic E-state index is 12.0. The van der Waals surface area contributed by atoms with Crippen molar-refractivity contribution in [2.24, 2.45) is 0 Å². The Morgan fingerprint density at radius 1 is 1.27 bits per heavy atom. The number of amides is 2. The molecule has 0 saturated heterocycles. The molecule has 1 aromatic carbocycles. The number of benzene rings is 1. The third-order valence-electron chi connectivity index (χ3n) is 2.41. The Labute approximate surface area is 134 Å². The van der Waals surface area contributed by atoms with E-state index in [-0.39, 0.29) is 5.91 Å². The van der Waals surface area contributed by atoms with E-state index in [1.807, 2.05) is 5.40 Å². The van der Waals surface area contributed by atoms with Crippen LogP contribution in [0.1, 0.15) is 27.7 Å². The molecule has 7 heteroatoms. The van der Waals surface area contributed by atoms with Crippen LogP contribution in [0.25, 0.3) is 0 Å². The van der Waals surface area contributed by atoms with E-state index in [1.165, 1.54) is 0 Å². The second-order valence-electron chi connectivity index (χ2n) is 5.57. The molecule has 22 heavy (non-hydrogen) atoms. The molecule has 6 nitrogen and oxygen atoms in total. The van der Waals surface area contributed by atoms with E-state index in [0.717, 1.165) is 16.7 Å². The first kappa shape index (κ1) is 17.9. The molecule has 1 rings (SSSR count). The fourth-order valence-electron chi connectivity index (χ4n) is 1.46. The second kappa shape index (κ2) is 7.71. The molecule has 1 aromatic rings. The van der Waals surface area contributed by atoms with E-state index in [2.05, 4.69) is 10.6 Å². The van der Waals surface area contributed by atoms with Crippen molar-refractivity contribution >= 4 is 29.4 Å². The van der Waals surface area contributed by atoms with E-state index in [1.54, 1.807) is 52.0 Å². The van der Waals surface area contributed by atoms with Crippen LogP contribution in [0.2, 0.25) is 0 Å². The van der Waals surface area contributed by atoms with Crippen LogP contribution in [0.15, 0.2) is 29.2 Å². The number of ether oxygens (including phenoxy) is 1. The van der Waals surface area contributed by atoms with Gasteiger partial charge in [0, 0.05) is 10.6 Å². The number of nitrogens with one attached hydrogen (secondary N) is 2. The van der Waals surface area contributed by atoms with Crippen molar-refractivity contribution in [1.29, 1.82) is 5.26 Å². The third kappa shape index (κ3) is 6.50. The minimum absolute atomic E-state index is 0.355. The van der Waals surface area contributed by atoms with Crippen LogP contribution in [0.4, 0.5) is 10.5 Å². The topological polar surface area (TPSA) is 91.2 Å². The highest BCUT2D eigenvalue weighted by Gasteiger charge is 2.21. The Kier molecular flexibility index (Phi) is 6.25. The van der Waals surface area contributed by atoms with Gasteiger partial charge in [0.2, 0.25) is 5.91 Å². The summed E-state index contributed by atoms with van der Waals surface area (Å²) >= 11 is 1.04. The van der Waals surface area contributed by atoms with Crippen molar-refractivity contribution < 1.29 is 14.3 Å². The summed E-state index contributed by atoms with van der Waals surface area (Å²) in [6.45, 7) is 6.81. The molecule has 0 saturated carbocycles. The van der Waals surface area contributed by atoms with Gasteiger partial charge in [-0.25, -0.2) is 4.79 Å². The molecule has 0 aliphatic rings. The number of rotatable bonds is 4. The predicted octanol–water partition coefficient (Wildman–Crippen LogP) is 3.11.